The van der Waals surface area contributed by atoms with E-state index in [4.69, 9.17) is 10.5 Å². The number of thioether (sulfide) groups is 1. The van der Waals surface area contributed by atoms with Gasteiger partial charge in [0.1, 0.15) is 6.10 Å². The number of aliphatic hydroxyl groups excluding tert-OH is 1. The predicted molar refractivity (Wildman–Crippen MR) is 90.8 cm³/mol. The number of hydrogen-bond donors (Lipinski definition) is 3. The number of rotatable bonds is 10. The van der Waals surface area contributed by atoms with Gasteiger partial charge in [0.05, 0.1) is 13.0 Å². The molecule has 0 saturated heterocycles. The largest absolute Gasteiger partial charge is 0.466 e. The lowest BCUT2D eigenvalue weighted by Crippen LogP contribution is -2.48. The summed E-state index contributed by atoms with van der Waals surface area (Å²) in [7, 11) is 0. The van der Waals surface area contributed by atoms with Gasteiger partial charge in [-0.2, -0.15) is 11.8 Å². The standard InChI is InChI=1S/C16H24N2O4S/c1-2-22-14(19)8-9-18-16(21)15(20)13(17)11-23-10-12-6-4-3-5-7-12/h3-7,13,15,20H,2,8-11,17H2,1H3,(H,18,21)/t13-,15?/m0/s1. The maximum atomic E-state index is 11.8. The number of aliphatic hydroxyl groups is 1. The smallest absolute Gasteiger partial charge is 0.307 e. The van der Waals surface area contributed by atoms with Gasteiger partial charge in [0.25, 0.3) is 5.91 Å². The van der Waals surface area contributed by atoms with E-state index in [0.717, 1.165) is 11.3 Å². The number of nitrogens with one attached hydrogen (secondary N) is 1. The lowest BCUT2D eigenvalue weighted by atomic mass is 10.2. The Morgan fingerprint density at radius 2 is 2.04 bits per heavy atom. The lowest BCUT2D eigenvalue weighted by Gasteiger charge is -2.18. The van der Waals surface area contributed by atoms with Crippen LogP contribution in [0.1, 0.15) is 18.9 Å². The Balaban J connectivity index is 2.22. The van der Waals surface area contributed by atoms with Crippen molar-refractivity contribution in [1.82, 2.24) is 5.32 Å². The number of hydrogen-bond acceptors (Lipinski definition) is 6. The van der Waals surface area contributed by atoms with Crippen LogP contribution in [0.3, 0.4) is 0 Å². The number of carbonyl (C=O) groups excluding carboxylic acids is 2. The SMILES string of the molecule is CCOC(=O)CCNC(=O)C(O)[C@@H](N)CSCc1ccccc1. The Bertz CT molecular complexity index is 484. The zero-order chi connectivity index (χ0) is 17.1. The molecule has 7 heteroatoms. The van der Waals surface area contributed by atoms with Gasteiger partial charge < -0.3 is 20.9 Å². The molecule has 1 unspecified atom stereocenters. The van der Waals surface area contributed by atoms with Crippen LogP contribution in [0.4, 0.5) is 0 Å². The first-order valence-electron chi connectivity index (χ1n) is 7.53. The highest BCUT2D eigenvalue weighted by Gasteiger charge is 2.22. The fraction of sp³-hybridized carbons (Fsp3) is 0.500. The molecule has 1 amide bonds. The first kappa shape index (κ1) is 19.5. The molecule has 0 aromatic heterocycles. The molecule has 23 heavy (non-hydrogen) atoms. The molecule has 6 nitrogen and oxygen atoms in total. The fourth-order valence-electron chi connectivity index (χ4n) is 1.80. The van der Waals surface area contributed by atoms with Crippen LogP contribution in [0, 0.1) is 0 Å². The van der Waals surface area contributed by atoms with Crippen molar-refractivity contribution in [3.05, 3.63) is 35.9 Å². The Hall–Kier alpha value is -1.57. The summed E-state index contributed by atoms with van der Waals surface area (Å²) in [5.74, 6) is 0.278. The van der Waals surface area contributed by atoms with Crippen LogP contribution < -0.4 is 11.1 Å². The van der Waals surface area contributed by atoms with Crippen molar-refractivity contribution in [3.63, 3.8) is 0 Å². The van der Waals surface area contributed by atoms with Gasteiger partial charge in [0.2, 0.25) is 0 Å². The highest BCUT2D eigenvalue weighted by molar-refractivity contribution is 7.98. The molecule has 0 fully saturated rings. The van der Waals surface area contributed by atoms with Gasteiger partial charge in [-0.25, -0.2) is 0 Å². The number of carbonyl (C=O) groups is 2. The molecule has 4 N–H and O–H groups in total. The van der Waals surface area contributed by atoms with E-state index in [1.54, 1.807) is 18.7 Å². The Kier molecular flexibility index (Phi) is 9.35. The second-order valence-electron chi connectivity index (χ2n) is 4.96. The van der Waals surface area contributed by atoms with Crippen molar-refractivity contribution in [1.29, 1.82) is 0 Å². The summed E-state index contributed by atoms with van der Waals surface area (Å²) in [6, 6.07) is 9.23. The molecule has 0 bridgehead atoms. The number of benzene rings is 1. The monoisotopic (exact) mass is 340 g/mol. The second-order valence-corrected chi connectivity index (χ2v) is 5.99. The van der Waals surface area contributed by atoms with Crippen LogP contribution in [0.2, 0.25) is 0 Å². The fourth-order valence-corrected chi connectivity index (χ4v) is 2.80. The average molecular weight is 340 g/mol. The summed E-state index contributed by atoms with van der Waals surface area (Å²) in [4.78, 5) is 22.9. The zero-order valence-electron chi connectivity index (χ0n) is 13.2. The van der Waals surface area contributed by atoms with Gasteiger partial charge in [-0.3, -0.25) is 9.59 Å². The maximum Gasteiger partial charge on any atom is 0.307 e. The molecule has 0 saturated carbocycles. The van der Waals surface area contributed by atoms with Crippen molar-refractivity contribution in [2.24, 2.45) is 5.73 Å². The normalized spacial score (nSPS) is 13.2. The van der Waals surface area contributed by atoms with E-state index >= 15 is 0 Å². The molecule has 0 aliphatic rings. The van der Waals surface area contributed by atoms with E-state index in [2.05, 4.69) is 5.32 Å². The quantitative estimate of drug-likeness (QED) is 0.541. The van der Waals surface area contributed by atoms with Gasteiger partial charge in [0, 0.05) is 24.1 Å². The van der Waals surface area contributed by atoms with Crippen LogP contribution in [-0.2, 0) is 20.1 Å². The van der Waals surface area contributed by atoms with E-state index in [9.17, 15) is 14.7 Å². The second kappa shape index (κ2) is 11.0. The van der Waals surface area contributed by atoms with E-state index < -0.39 is 18.1 Å². The highest BCUT2D eigenvalue weighted by atomic mass is 32.2. The van der Waals surface area contributed by atoms with Crippen LogP contribution >= 0.6 is 11.8 Å². The van der Waals surface area contributed by atoms with Gasteiger partial charge >= 0.3 is 5.97 Å². The summed E-state index contributed by atoms with van der Waals surface area (Å²) in [5, 5.41) is 12.4. The lowest BCUT2D eigenvalue weighted by molar-refractivity contribution is -0.143. The van der Waals surface area contributed by atoms with Crippen LogP contribution in [0.25, 0.3) is 0 Å². The van der Waals surface area contributed by atoms with Gasteiger partial charge in [-0.05, 0) is 12.5 Å². The van der Waals surface area contributed by atoms with Crippen molar-refractivity contribution in [2.45, 2.75) is 31.2 Å². The van der Waals surface area contributed by atoms with Crippen LogP contribution in [-0.4, -0.2) is 48.0 Å². The molecular formula is C16H24N2O4S. The Morgan fingerprint density at radius 3 is 2.70 bits per heavy atom. The first-order valence-corrected chi connectivity index (χ1v) is 8.68. The minimum Gasteiger partial charge on any atom is -0.466 e. The minimum absolute atomic E-state index is 0.0737. The Labute approximate surface area is 140 Å². The van der Waals surface area contributed by atoms with E-state index in [1.807, 2.05) is 30.3 Å². The number of amides is 1. The van der Waals surface area contributed by atoms with Crippen molar-refractivity contribution in [2.75, 3.05) is 18.9 Å². The van der Waals surface area contributed by atoms with Crippen LogP contribution in [0.15, 0.2) is 30.3 Å². The number of nitrogens with two attached hydrogens (primary N) is 1. The molecule has 128 valence electrons. The van der Waals surface area contributed by atoms with Crippen molar-refractivity contribution in [3.8, 4) is 0 Å². The van der Waals surface area contributed by atoms with Gasteiger partial charge in [-0.15, -0.1) is 0 Å². The third kappa shape index (κ3) is 8.01. The molecule has 0 aliphatic heterocycles. The molecule has 0 radical (unpaired) electrons. The van der Waals surface area contributed by atoms with E-state index in [0.29, 0.717) is 12.4 Å². The molecule has 1 aromatic carbocycles. The number of ether oxygens (including phenoxy) is 1. The predicted octanol–water partition coefficient (Wildman–Crippen LogP) is 0.677. The number of esters is 1. The highest BCUT2D eigenvalue weighted by Crippen LogP contribution is 2.13. The summed E-state index contributed by atoms with van der Waals surface area (Å²) < 4.78 is 4.75. The summed E-state index contributed by atoms with van der Waals surface area (Å²) in [6.45, 7) is 2.14. The zero-order valence-corrected chi connectivity index (χ0v) is 14.1. The van der Waals surface area contributed by atoms with Gasteiger partial charge in [-0.1, -0.05) is 30.3 Å². The van der Waals surface area contributed by atoms with Crippen LogP contribution in [0.5, 0.6) is 0 Å². The third-order valence-electron chi connectivity index (χ3n) is 3.03. The molecular weight excluding hydrogens is 316 g/mol. The molecule has 1 rings (SSSR count). The average Bonchev–Trinajstić information content (AvgIpc) is 2.55. The molecule has 0 aliphatic carbocycles. The summed E-state index contributed by atoms with van der Waals surface area (Å²) in [6.07, 6.45) is -1.22. The first-order chi connectivity index (χ1) is 11.0. The summed E-state index contributed by atoms with van der Waals surface area (Å²) >= 11 is 1.56. The van der Waals surface area contributed by atoms with Crippen molar-refractivity contribution >= 4 is 23.6 Å². The van der Waals surface area contributed by atoms with E-state index in [1.165, 1.54) is 0 Å². The van der Waals surface area contributed by atoms with Crippen molar-refractivity contribution < 1.29 is 19.4 Å². The minimum atomic E-state index is -1.29. The summed E-state index contributed by atoms with van der Waals surface area (Å²) in [5.41, 5.74) is 7.00. The maximum absolute atomic E-state index is 11.8. The third-order valence-corrected chi connectivity index (χ3v) is 4.19. The molecule has 0 heterocycles. The Morgan fingerprint density at radius 1 is 1.35 bits per heavy atom. The molecule has 2 atom stereocenters. The topological polar surface area (TPSA) is 102 Å². The molecule has 1 aromatic rings. The molecule has 0 spiro atoms. The van der Waals surface area contributed by atoms with E-state index in [-0.39, 0.29) is 18.9 Å². The van der Waals surface area contributed by atoms with Gasteiger partial charge in [0.15, 0.2) is 0 Å².